The molecule has 9 heteroatoms. The van der Waals surface area contributed by atoms with Crippen molar-refractivity contribution in [1.29, 1.82) is 0 Å². The van der Waals surface area contributed by atoms with Gasteiger partial charge in [-0.15, -0.1) is 0 Å². The second-order valence-corrected chi connectivity index (χ2v) is 8.60. The lowest BCUT2D eigenvalue weighted by molar-refractivity contribution is -0.117. The van der Waals surface area contributed by atoms with Gasteiger partial charge in [-0.3, -0.25) is 4.79 Å². The number of amides is 1. The van der Waals surface area contributed by atoms with Crippen LogP contribution in [0.15, 0.2) is 16.6 Å². The molecule has 1 aliphatic rings. The molecule has 0 bridgehead atoms. The van der Waals surface area contributed by atoms with Gasteiger partial charge in [-0.05, 0) is 28.1 Å². The van der Waals surface area contributed by atoms with Gasteiger partial charge in [0.2, 0.25) is 15.0 Å². The molecule has 1 aliphatic heterocycles. The van der Waals surface area contributed by atoms with E-state index in [0.29, 0.717) is 20.2 Å². The minimum Gasteiger partial charge on any atom is -0.309 e. The number of carbonyl (C=O) groups excluding carboxylic acids is 1. The van der Waals surface area contributed by atoms with Crippen molar-refractivity contribution < 1.29 is 13.2 Å². The number of hydrogen-bond donors (Lipinski definition) is 0. The topological polar surface area (TPSA) is 54.5 Å². The van der Waals surface area contributed by atoms with E-state index >= 15 is 0 Å². The molecule has 1 unspecified atom stereocenters. The quantitative estimate of drug-likeness (QED) is 0.558. The average Bonchev–Trinajstić information content (AvgIpc) is 2.65. The molecule has 1 atom stereocenters. The van der Waals surface area contributed by atoms with Crippen LogP contribution < -0.4 is 4.90 Å². The minimum absolute atomic E-state index is 0.0254. The van der Waals surface area contributed by atoms with E-state index in [0.717, 1.165) is 0 Å². The van der Waals surface area contributed by atoms with Crippen LogP contribution in [0.4, 0.5) is 5.69 Å². The summed E-state index contributed by atoms with van der Waals surface area (Å²) < 4.78 is 23.2. The Morgan fingerprint density at radius 1 is 1.26 bits per heavy atom. The molecule has 0 aliphatic carbocycles. The molecule has 4 nitrogen and oxygen atoms in total. The molecule has 1 aromatic carbocycles. The fourth-order valence-electron chi connectivity index (χ4n) is 1.82. The first-order valence-corrected chi connectivity index (χ1v) is 9.00. The first-order valence-electron chi connectivity index (χ1n) is 5.08. The number of anilines is 1. The Bertz CT molecular complexity index is 650. The summed E-state index contributed by atoms with van der Waals surface area (Å²) in [4.78, 5) is 13.2. The Labute approximate surface area is 133 Å². The Kier molecular flexibility index (Phi) is 4.38. The first kappa shape index (κ1) is 15.4. The maximum absolute atomic E-state index is 11.9. The first-order chi connectivity index (χ1) is 8.70. The molecule has 0 saturated carbocycles. The summed E-state index contributed by atoms with van der Waals surface area (Å²) in [7, 11) is 1.50. The van der Waals surface area contributed by atoms with Gasteiger partial charge in [0.15, 0.2) is 0 Å². The molecule has 2 rings (SSSR count). The largest absolute Gasteiger partial charge is 0.309 e. The smallest absolute Gasteiger partial charge is 0.237 e. The van der Waals surface area contributed by atoms with E-state index in [4.69, 9.17) is 33.9 Å². The van der Waals surface area contributed by atoms with Gasteiger partial charge < -0.3 is 4.90 Å². The van der Waals surface area contributed by atoms with Gasteiger partial charge in [0, 0.05) is 28.1 Å². The van der Waals surface area contributed by atoms with Gasteiger partial charge in [-0.25, -0.2) is 8.42 Å². The lowest BCUT2D eigenvalue weighted by Crippen LogP contribution is -2.27. The number of hydrogen-bond acceptors (Lipinski definition) is 3. The second kappa shape index (κ2) is 5.41. The standard InChI is InChI=1S/C10H7BrCl3NO3S/c11-6-2-8(13)9(3-7(6)12)15-4-5(1-10(15)16)19(14,17)18/h2-3,5H,1,4H2. The third kappa shape index (κ3) is 3.19. The van der Waals surface area contributed by atoms with Crippen molar-refractivity contribution in [1.82, 2.24) is 0 Å². The molecular formula is C10H7BrCl3NO3S. The van der Waals surface area contributed by atoms with Crippen molar-refractivity contribution in [3.8, 4) is 0 Å². The molecule has 0 radical (unpaired) electrons. The number of rotatable bonds is 2. The van der Waals surface area contributed by atoms with Gasteiger partial charge >= 0.3 is 0 Å². The fraction of sp³-hybridized carbons (Fsp3) is 0.300. The third-order valence-corrected chi connectivity index (χ3v) is 6.14. The van der Waals surface area contributed by atoms with Crippen LogP contribution in [0.3, 0.4) is 0 Å². The predicted octanol–water partition coefficient (Wildman–Crippen LogP) is 3.43. The van der Waals surface area contributed by atoms with Crippen molar-refractivity contribution in [3.05, 3.63) is 26.7 Å². The molecule has 1 amide bonds. The summed E-state index contributed by atoms with van der Waals surface area (Å²) in [5.41, 5.74) is 0.377. The SMILES string of the molecule is O=C1CC(S(=O)(=O)Cl)CN1c1cc(Cl)c(Br)cc1Cl. The number of nitrogens with zero attached hydrogens (tertiary/aromatic N) is 1. The zero-order valence-corrected chi connectivity index (χ0v) is 13.9. The molecule has 0 spiro atoms. The van der Waals surface area contributed by atoms with E-state index in [2.05, 4.69) is 15.9 Å². The van der Waals surface area contributed by atoms with E-state index < -0.39 is 14.3 Å². The summed E-state index contributed by atoms with van der Waals surface area (Å²) in [5, 5.41) is -0.248. The molecule has 0 N–H and O–H groups in total. The summed E-state index contributed by atoms with van der Waals surface area (Å²) in [5.74, 6) is -0.352. The highest BCUT2D eigenvalue weighted by atomic mass is 79.9. The Morgan fingerprint density at radius 3 is 2.42 bits per heavy atom. The average molecular weight is 408 g/mol. The van der Waals surface area contributed by atoms with Crippen LogP contribution in [0, 0.1) is 0 Å². The highest BCUT2D eigenvalue weighted by Gasteiger charge is 2.38. The Morgan fingerprint density at radius 2 is 1.89 bits per heavy atom. The maximum atomic E-state index is 11.9. The van der Waals surface area contributed by atoms with Gasteiger partial charge in [-0.1, -0.05) is 23.2 Å². The van der Waals surface area contributed by atoms with E-state index in [1.165, 1.54) is 11.0 Å². The van der Waals surface area contributed by atoms with Crippen LogP contribution in [0.25, 0.3) is 0 Å². The van der Waals surface area contributed by atoms with Crippen LogP contribution in [0.2, 0.25) is 10.0 Å². The summed E-state index contributed by atoms with van der Waals surface area (Å²) >= 11 is 15.2. The number of benzene rings is 1. The minimum atomic E-state index is -3.78. The number of halogens is 4. The molecule has 104 valence electrons. The summed E-state index contributed by atoms with van der Waals surface area (Å²) in [6, 6.07) is 3.06. The zero-order chi connectivity index (χ0) is 14.4. The molecular weight excluding hydrogens is 400 g/mol. The van der Waals surface area contributed by atoms with Gasteiger partial charge in [0.25, 0.3) is 0 Å². The van der Waals surface area contributed by atoms with Crippen molar-refractivity contribution in [2.24, 2.45) is 0 Å². The van der Waals surface area contributed by atoms with Crippen molar-refractivity contribution in [2.75, 3.05) is 11.4 Å². The molecule has 1 aromatic rings. The molecule has 1 saturated heterocycles. The lowest BCUT2D eigenvalue weighted by Gasteiger charge is -2.18. The van der Waals surface area contributed by atoms with E-state index in [-0.39, 0.29) is 18.9 Å². The van der Waals surface area contributed by atoms with Gasteiger partial charge in [0.05, 0.1) is 15.7 Å². The summed E-state index contributed by atoms with van der Waals surface area (Å²) in [6.45, 7) is -0.0254. The van der Waals surface area contributed by atoms with Crippen LogP contribution in [-0.2, 0) is 13.8 Å². The predicted molar refractivity (Wildman–Crippen MR) is 79.7 cm³/mol. The second-order valence-electron chi connectivity index (χ2n) is 4.02. The Hall–Kier alpha value is -0.0100. The van der Waals surface area contributed by atoms with Crippen molar-refractivity contribution in [2.45, 2.75) is 11.7 Å². The third-order valence-electron chi connectivity index (χ3n) is 2.77. The van der Waals surface area contributed by atoms with E-state index in [9.17, 15) is 13.2 Å². The van der Waals surface area contributed by atoms with Crippen LogP contribution in [0.5, 0.6) is 0 Å². The van der Waals surface area contributed by atoms with Crippen LogP contribution >= 0.6 is 49.8 Å². The van der Waals surface area contributed by atoms with Crippen molar-refractivity contribution >= 4 is 70.5 Å². The molecule has 0 aromatic heterocycles. The fourth-order valence-corrected chi connectivity index (χ4v) is 3.74. The molecule has 1 fully saturated rings. The maximum Gasteiger partial charge on any atom is 0.237 e. The monoisotopic (exact) mass is 405 g/mol. The molecule has 19 heavy (non-hydrogen) atoms. The highest BCUT2D eigenvalue weighted by Crippen LogP contribution is 2.37. The summed E-state index contributed by atoms with van der Waals surface area (Å²) in [6.07, 6.45) is -0.157. The molecule has 1 heterocycles. The van der Waals surface area contributed by atoms with E-state index in [1.54, 1.807) is 6.07 Å². The lowest BCUT2D eigenvalue weighted by atomic mass is 10.3. The van der Waals surface area contributed by atoms with Gasteiger partial charge in [-0.2, -0.15) is 0 Å². The Balaban J connectivity index is 2.39. The van der Waals surface area contributed by atoms with E-state index in [1.807, 2.05) is 0 Å². The van der Waals surface area contributed by atoms with Crippen LogP contribution in [0.1, 0.15) is 6.42 Å². The zero-order valence-electron chi connectivity index (χ0n) is 9.24. The number of carbonyl (C=O) groups is 1. The van der Waals surface area contributed by atoms with Gasteiger partial charge in [0.1, 0.15) is 5.25 Å². The highest BCUT2D eigenvalue weighted by molar-refractivity contribution is 9.10. The van der Waals surface area contributed by atoms with Crippen molar-refractivity contribution in [3.63, 3.8) is 0 Å². The normalized spacial score (nSPS) is 20.1. The van der Waals surface area contributed by atoms with Crippen LogP contribution in [-0.4, -0.2) is 26.1 Å².